The lowest BCUT2D eigenvalue weighted by atomic mass is 9.90. The molecule has 25 heavy (non-hydrogen) atoms. The van der Waals surface area contributed by atoms with E-state index in [-0.39, 0.29) is 5.91 Å². The molecule has 1 atom stereocenters. The summed E-state index contributed by atoms with van der Waals surface area (Å²) >= 11 is 1.70. The summed E-state index contributed by atoms with van der Waals surface area (Å²) in [6.45, 7) is 7.03. The number of benzene rings is 1. The predicted octanol–water partition coefficient (Wildman–Crippen LogP) is 3.71. The van der Waals surface area contributed by atoms with E-state index in [2.05, 4.69) is 40.9 Å². The van der Waals surface area contributed by atoms with Crippen LogP contribution in [0.1, 0.15) is 65.1 Å². The molecule has 2 aromatic rings. The van der Waals surface area contributed by atoms with E-state index in [0.717, 1.165) is 35.8 Å². The molecule has 2 heterocycles. The van der Waals surface area contributed by atoms with E-state index < -0.39 is 0 Å². The SMILES string of the molecule is CC(C)c1nc(CCNC(=O)c2cccc([C@H]3CCCNC3)c2)cs1. The average Bonchev–Trinajstić information content (AvgIpc) is 3.12. The number of hydrogen-bond donors (Lipinski definition) is 2. The number of nitrogens with zero attached hydrogens (tertiary/aromatic N) is 1. The first-order valence-corrected chi connectivity index (χ1v) is 10.0. The predicted molar refractivity (Wildman–Crippen MR) is 104 cm³/mol. The first-order valence-electron chi connectivity index (χ1n) is 9.16. The number of rotatable bonds is 6. The molecule has 4 nitrogen and oxygen atoms in total. The maximum absolute atomic E-state index is 12.4. The van der Waals surface area contributed by atoms with Crippen molar-refractivity contribution < 1.29 is 4.79 Å². The van der Waals surface area contributed by atoms with Crippen molar-refractivity contribution in [3.63, 3.8) is 0 Å². The molecule has 1 aromatic carbocycles. The quantitative estimate of drug-likeness (QED) is 0.829. The molecule has 3 rings (SSSR count). The maximum Gasteiger partial charge on any atom is 0.251 e. The maximum atomic E-state index is 12.4. The van der Waals surface area contributed by atoms with Crippen LogP contribution in [-0.4, -0.2) is 30.5 Å². The molecule has 1 amide bonds. The van der Waals surface area contributed by atoms with Crippen LogP contribution in [0.15, 0.2) is 29.6 Å². The highest BCUT2D eigenvalue weighted by Crippen LogP contribution is 2.24. The third kappa shape index (κ3) is 4.89. The number of thiazole rings is 1. The molecular formula is C20H27N3OS. The molecular weight excluding hydrogens is 330 g/mol. The summed E-state index contributed by atoms with van der Waals surface area (Å²) in [6.07, 6.45) is 3.17. The van der Waals surface area contributed by atoms with Crippen molar-refractivity contribution in [2.24, 2.45) is 0 Å². The lowest BCUT2D eigenvalue weighted by molar-refractivity contribution is 0.0954. The summed E-state index contributed by atoms with van der Waals surface area (Å²) in [7, 11) is 0. The van der Waals surface area contributed by atoms with Gasteiger partial charge >= 0.3 is 0 Å². The van der Waals surface area contributed by atoms with Gasteiger partial charge in [-0.15, -0.1) is 11.3 Å². The summed E-state index contributed by atoms with van der Waals surface area (Å²) < 4.78 is 0. The molecule has 134 valence electrons. The second-order valence-electron chi connectivity index (χ2n) is 7.01. The minimum absolute atomic E-state index is 0.00457. The largest absolute Gasteiger partial charge is 0.352 e. The second kappa shape index (κ2) is 8.59. The van der Waals surface area contributed by atoms with Crippen molar-refractivity contribution in [3.8, 4) is 0 Å². The van der Waals surface area contributed by atoms with Crippen LogP contribution in [0.5, 0.6) is 0 Å². The molecule has 0 bridgehead atoms. The highest BCUT2D eigenvalue weighted by atomic mass is 32.1. The average molecular weight is 358 g/mol. The Labute approximate surface area is 154 Å². The first-order chi connectivity index (χ1) is 12.1. The van der Waals surface area contributed by atoms with Gasteiger partial charge in [0.15, 0.2) is 0 Å². The van der Waals surface area contributed by atoms with Gasteiger partial charge < -0.3 is 10.6 Å². The van der Waals surface area contributed by atoms with E-state index in [4.69, 9.17) is 0 Å². The van der Waals surface area contributed by atoms with E-state index >= 15 is 0 Å². The minimum Gasteiger partial charge on any atom is -0.352 e. The van der Waals surface area contributed by atoms with Gasteiger partial charge in [0.1, 0.15) is 0 Å². The van der Waals surface area contributed by atoms with Crippen LogP contribution in [-0.2, 0) is 6.42 Å². The number of nitrogens with one attached hydrogen (secondary N) is 2. The van der Waals surface area contributed by atoms with Crippen LogP contribution >= 0.6 is 11.3 Å². The van der Waals surface area contributed by atoms with Crippen LogP contribution in [0, 0.1) is 0 Å². The van der Waals surface area contributed by atoms with Crippen LogP contribution in [0.3, 0.4) is 0 Å². The molecule has 1 fully saturated rings. The van der Waals surface area contributed by atoms with Crippen LogP contribution in [0.2, 0.25) is 0 Å². The Morgan fingerprint density at radius 1 is 1.44 bits per heavy atom. The summed E-state index contributed by atoms with van der Waals surface area (Å²) in [6, 6.07) is 8.08. The summed E-state index contributed by atoms with van der Waals surface area (Å²) in [4.78, 5) is 17.1. The molecule has 0 unspecified atom stereocenters. The zero-order valence-electron chi connectivity index (χ0n) is 15.0. The molecule has 1 aromatic heterocycles. The molecule has 0 radical (unpaired) electrons. The lowest BCUT2D eigenvalue weighted by Gasteiger charge is -2.23. The fourth-order valence-electron chi connectivity index (χ4n) is 3.18. The number of carbonyl (C=O) groups excluding carboxylic acids is 1. The Bertz CT molecular complexity index is 704. The van der Waals surface area contributed by atoms with Gasteiger partial charge in [-0.1, -0.05) is 26.0 Å². The summed E-state index contributed by atoms with van der Waals surface area (Å²) in [5, 5.41) is 9.72. The Balaban J connectivity index is 1.53. The van der Waals surface area contributed by atoms with E-state index in [1.807, 2.05) is 18.2 Å². The molecule has 0 spiro atoms. The van der Waals surface area contributed by atoms with Crippen LogP contribution in [0.4, 0.5) is 0 Å². The van der Waals surface area contributed by atoms with E-state index in [1.165, 1.54) is 18.4 Å². The van der Waals surface area contributed by atoms with Crippen molar-refractivity contribution in [1.29, 1.82) is 0 Å². The second-order valence-corrected chi connectivity index (χ2v) is 7.90. The number of aromatic nitrogens is 1. The van der Waals surface area contributed by atoms with Gasteiger partial charge in [0, 0.05) is 36.4 Å². The molecule has 2 N–H and O–H groups in total. The van der Waals surface area contributed by atoms with Gasteiger partial charge in [0.2, 0.25) is 0 Å². The van der Waals surface area contributed by atoms with Crippen molar-refractivity contribution in [2.75, 3.05) is 19.6 Å². The van der Waals surface area contributed by atoms with Crippen molar-refractivity contribution >= 4 is 17.2 Å². The Morgan fingerprint density at radius 3 is 3.04 bits per heavy atom. The summed E-state index contributed by atoms with van der Waals surface area (Å²) in [5.74, 6) is 0.987. The summed E-state index contributed by atoms with van der Waals surface area (Å²) in [5.41, 5.74) is 3.08. The molecule has 1 aliphatic rings. The highest BCUT2D eigenvalue weighted by Gasteiger charge is 2.16. The number of piperidine rings is 1. The van der Waals surface area contributed by atoms with Crippen molar-refractivity contribution in [2.45, 2.75) is 44.9 Å². The van der Waals surface area contributed by atoms with Gasteiger partial charge in [-0.05, 0) is 43.0 Å². The lowest BCUT2D eigenvalue weighted by Crippen LogP contribution is -2.29. The van der Waals surface area contributed by atoms with Crippen molar-refractivity contribution in [1.82, 2.24) is 15.6 Å². The highest BCUT2D eigenvalue weighted by molar-refractivity contribution is 7.09. The third-order valence-electron chi connectivity index (χ3n) is 4.65. The monoisotopic (exact) mass is 357 g/mol. The smallest absolute Gasteiger partial charge is 0.251 e. The normalized spacial score (nSPS) is 17.6. The zero-order valence-corrected chi connectivity index (χ0v) is 15.9. The molecule has 0 aliphatic carbocycles. The fraction of sp³-hybridized carbons (Fsp3) is 0.500. The van der Waals surface area contributed by atoms with Gasteiger partial charge in [-0.25, -0.2) is 4.98 Å². The Kier molecular flexibility index (Phi) is 6.21. The standard InChI is InChI=1S/C20H27N3OS/c1-14(2)20-23-18(13-25-20)8-10-22-19(24)16-6-3-5-15(11-16)17-7-4-9-21-12-17/h3,5-6,11,13-14,17,21H,4,7-10,12H2,1-2H3,(H,22,24)/t17-/m0/s1. The zero-order chi connectivity index (χ0) is 17.6. The fourth-order valence-corrected chi connectivity index (χ4v) is 4.05. The Morgan fingerprint density at radius 2 is 2.32 bits per heavy atom. The van der Waals surface area contributed by atoms with Gasteiger partial charge in [0.25, 0.3) is 5.91 Å². The molecule has 1 aliphatic heterocycles. The number of amides is 1. The topological polar surface area (TPSA) is 54.0 Å². The molecule has 5 heteroatoms. The minimum atomic E-state index is 0.00457. The Hall–Kier alpha value is -1.72. The van der Waals surface area contributed by atoms with Crippen molar-refractivity contribution in [3.05, 3.63) is 51.5 Å². The van der Waals surface area contributed by atoms with Gasteiger partial charge in [-0.3, -0.25) is 4.79 Å². The van der Waals surface area contributed by atoms with E-state index in [1.54, 1.807) is 11.3 Å². The van der Waals surface area contributed by atoms with Crippen LogP contribution in [0.25, 0.3) is 0 Å². The number of hydrogen-bond acceptors (Lipinski definition) is 4. The molecule has 1 saturated heterocycles. The van der Waals surface area contributed by atoms with Gasteiger partial charge in [-0.2, -0.15) is 0 Å². The third-order valence-corrected chi connectivity index (χ3v) is 5.84. The van der Waals surface area contributed by atoms with Gasteiger partial charge in [0.05, 0.1) is 10.7 Å². The number of carbonyl (C=O) groups is 1. The van der Waals surface area contributed by atoms with Crippen LogP contribution < -0.4 is 10.6 Å². The first kappa shape index (κ1) is 18.1. The molecule has 0 saturated carbocycles. The van der Waals surface area contributed by atoms with E-state index in [0.29, 0.717) is 18.4 Å². The van der Waals surface area contributed by atoms with E-state index in [9.17, 15) is 4.79 Å².